The molecule has 2 atom stereocenters. The Morgan fingerprint density at radius 3 is 2.21 bits per heavy atom. The van der Waals surface area contributed by atoms with Crippen LogP contribution in [0.15, 0.2) is 72.9 Å². The van der Waals surface area contributed by atoms with Crippen LogP contribution in [0.4, 0.5) is 11.4 Å². The van der Waals surface area contributed by atoms with E-state index in [1.54, 1.807) is 0 Å². The van der Waals surface area contributed by atoms with Crippen LogP contribution in [0, 0.1) is 27.7 Å². The molecule has 7 heteroatoms. The molecule has 2 fully saturated rings. The van der Waals surface area contributed by atoms with E-state index >= 15 is 0 Å². The molecule has 1 N–H and O–H groups in total. The summed E-state index contributed by atoms with van der Waals surface area (Å²) in [6.07, 6.45) is 1.86. The zero-order valence-corrected chi connectivity index (χ0v) is 23.8. The summed E-state index contributed by atoms with van der Waals surface area (Å²) in [5.74, 6) is 0. The summed E-state index contributed by atoms with van der Waals surface area (Å²) in [7, 11) is 0. The number of morpholine rings is 1. The minimum absolute atomic E-state index is 0.0406. The minimum Gasteiger partial charge on any atom is -0.378 e. The minimum atomic E-state index is -0.0721. The van der Waals surface area contributed by atoms with Crippen molar-refractivity contribution < 1.29 is 4.74 Å². The Labute approximate surface area is 236 Å². The fourth-order valence-corrected chi connectivity index (χ4v) is 6.50. The number of hydrogen-bond acceptors (Lipinski definition) is 4. The summed E-state index contributed by atoms with van der Waals surface area (Å²) >= 11 is 5.98. The molecule has 0 unspecified atom stereocenters. The van der Waals surface area contributed by atoms with Crippen LogP contribution in [-0.2, 0) is 4.74 Å². The largest absolute Gasteiger partial charge is 0.378 e. The molecule has 200 valence electrons. The van der Waals surface area contributed by atoms with Crippen LogP contribution in [0.3, 0.4) is 0 Å². The lowest BCUT2D eigenvalue weighted by atomic mass is 9.96. The number of ether oxygens (including phenoxy) is 1. The second-order valence-corrected chi connectivity index (χ2v) is 11.0. The highest BCUT2D eigenvalue weighted by atomic mass is 32.1. The smallest absolute Gasteiger partial charge is 0.174 e. The summed E-state index contributed by atoms with van der Waals surface area (Å²) < 4.78 is 7.89. The van der Waals surface area contributed by atoms with Crippen LogP contribution in [0.1, 0.15) is 45.9 Å². The van der Waals surface area contributed by atoms with Gasteiger partial charge in [0.05, 0.1) is 31.0 Å². The van der Waals surface area contributed by atoms with Gasteiger partial charge in [-0.2, -0.15) is 0 Å². The van der Waals surface area contributed by atoms with Gasteiger partial charge in [0.25, 0.3) is 0 Å². The van der Waals surface area contributed by atoms with Gasteiger partial charge in [0.2, 0.25) is 0 Å². The van der Waals surface area contributed by atoms with E-state index in [1.807, 2.05) is 18.3 Å². The molecule has 2 aromatic carbocycles. The van der Waals surface area contributed by atoms with E-state index < -0.39 is 0 Å². The zero-order chi connectivity index (χ0) is 27.1. The van der Waals surface area contributed by atoms with E-state index in [2.05, 4.69) is 102 Å². The Balaban J connectivity index is 1.43. The third-order valence-corrected chi connectivity index (χ3v) is 8.17. The van der Waals surface area contributed by atoms with Gasteiger partial charge in [-0.05, 0) is 111 Å². The first kappa shape index (κ1) is 25.6. The van der Waals surface area contributed by atoms with Crippen molar-refractivity contribution in [1.29, 1.82) is 0 Å². The number of thiocarbonyl (C=S) groups is 1. The Hall–Kier alpha value is -3.68. The highest BCUT2D eigenvalue weighted by Crippen LogP contribution is 2.44. The summed E-state index contributed by atoms with van der Waals surface area (Å²) in [6.45, 7) is 12.1. The van der Waals surface area contributed by atoms with Crippen LogP contribution in [0.25, 0.3) is 5.69 Å². The number of rotatable bonds is 5. The maximum Gasteiger partial charge on any atom is 0.174 e. The van der Waals surface area contributed by atoms with E-state index in [0.29, 0.717) is 0 Å². The number of nitrogens with zero attached hydrogens (tertiary/aromatic N) is 4. The van der Waals surface area contributed by atoms with Crippen LogP contribution in [0.2, 0.25) is 0 Å². The number of pyridine rings is 1. The van der Waals surface area contributed by atoms with Crippen molar-refractivity contribution in [3.63, 3.8) is 0 Å². The molecule has 0 saturated carbocycles. The molecule has 2 saturated heterocycles. The predicted octanol–water partition coefficient (Wildman–Crippen LogP) is 6.12. The topological polar surface area (TPSA) is 45.6 Å². The Bertz CT molecular complexity index is 1470. The van der Waals surface area contributed by atoms with Crippen molar-refractivity contribution in [1.82, 2.24) is 14.9 Å². The van der Waals surface area contributed by atoms with Crippen molar-refractivity contribution in [2.24, 2.45) is 0 Å². The second kappa shape index (κ2) is 10.5. The molecule has 2 aromatic heterocycles. The van der Waals surface area contributed by atoms with Gasteiger partial charge in [-0.15, -0.1) is 0 Å². The Morgan fingerprint density at radius 1 is 0.846 bits per heavy atom. The zero-order valence-electron chi connectivity index (χ0n) is 23.0. The third kappa shape index (κ3) is 4.81. The third-order valence-electron chi connectivity index (χ3n) is 7.86. The summed E-state index contributed by atoms with van der Waals surface area (Å²) in [5.41, 5.74) is 10.6. The van der Waals surface area contributed by atoms with E-state index in [9.17, 15) is 0 Å². The molecule has 4 aromatic rings. The van der Waals surface area contributed by atoms with Crippen molar-refractivity contribution >= 4 is 28.7 Å². The van der Waals surface area contributed by atoms with E-state index in [1.165, 1.54) is 33.8 Å². The molecular weight excluding hydrogens is 502 g/mol. The molecular formula is C32H35N5OS. The molecule has 2 aliphatic rings. The lowest BCUT2D eigenvalue weighted by molar-refractivity contribution is 0.122. The number of anilines is 2. The predicted molar refractivity (Wildman–Crippen MR) is 162 cm³/mol. The fraction of sp³-hybridized carbons (Fsp3) is 0.312. The molecule has 0 spiro atoms. The maximum atomic E-state index is 5.98. The first-order valence-electron chi connectivity index (χ1n) is 13.6. The number of aryl methyl sites for hydroxylation is 3. The van der Waals surface area contributed by atoms with Gasteiger partial charge in [-0.1, -0.05) is 12.1 Å². The molecule has 2 aliphatic heterocycles. The molecule has 6 nitrogen and oxygen atoms in total. The number of nitrogens with one attached hydrogen (secondary N) is 1. The van der Waals surface area contributed by atoms with E-state index in [-0.39, 0.29) is 12.1 Å². The molecule has 0 bridgehead atoms. The first-order valence-corrected chi connectivity index (χ1v) is 14.0. The second-order valence-electron chi connectivity index (χ2n) is 10.6. The summed E-state index contributed by atoms with van der Waals surface area (Å²) in [5, 5.41) is 4.34. The Kier molecular flexibility index (Phi) is 6.87. The monoisotopic (exact) mass is 537 g/mol. The first-order chi connectivity index (χ1) is 18.9. The summed E-state index contributed by atoms with van der Waals surface area (Å²) in [6, 6.07) is 23.8. The van der Waals surface area contributed by atoms with Crippen LogP contribution >= 0.6 is 12.2 Å². The van der Waals surface area contributed by atoms with Gasteiger partial charge in [0, 0.05) is 47.7 Å². The lowest BCUT2D eigenvalue weighted by Crippen LogP contribution is -2.36. The highest BCUT2D eigenvalue weighted by molar-refractivity contribution is 7.80. The average molecular weight is 538 g/mol. The van der Waals surface area contributed by atoms with Gasteiger partial charge < -0.3 is 24.4 Å². The maximum absolute atomic E-state index is 5.98. The highest BCUT2D eigenvalue weighted by Gasteiger charge is 2.42. The van der Waals surface area contributed by atoms with Crippen molar-refractivity contribution in [2.75, 3.05) is 36.1 Å². The standard InChI is InChI=1S/C32H35N5OS/c1-21-17-22(2)19-27(18-21)37-31(30(34-32(37)39)29-7-5-6-12-33-29)28-20-23(3)36(24(28)4)26-10-8-25(9-11-26)35-13-15-38-16-14-35/h5-12,17-20,30-31H,13-16H2,1-4H3,(H,34,39)/t30-,31+/m0/s1. The SMILES string of the molecule is Cc1cc(C)cc(N2C(=S)N[C@@H](c3ccccn3)[C@H]2c2cc(C)n(-c3ccc(N4CCOCC4)cc3)c2C)c1. The summed E-state index contributed by atoms with van der Waals surface area (Å²) in [4.78, 5) is 9.40. The quantitative estimate of drug-likeness (QED) is 0.310. The molecule has 39 heavy (non-hydrogen) atoms. The average Bonchev–Trinajstić information content (AvgIpc) is 3.44. The fourth-order valence-electron chi connectivity index (χ4n) is 6.16. The van der Waals surface area contributed by atoms with Crippen molar-refractivity contribution in [3.8, 4) is 5.69 Å². The molecule has 0 aliphatic carbocycles. The number of hydrogen-bond donors (Lipinski definition) is 1. The van der Waals surface area contributed by atoms with Gasteiger partial charge in [0.1, 0.15) is 0 Å². The van der Waals surface area contributed by atoms with Gasteiger partial charge in [-0.25, -0.2) is 0 Å². The molecule has 0 radical (unpaired) electrons. The number of benzene rings is 2. The van der Waals surface area contributed by atoms with Crippen molar-refractivity contribution in [3.05, 3.63) is 107 Å². The Morgan fingerprint density at radius 2 is 1.54 bits per heavy atom. The molecule has 0 amide bonds. The van der Waals surface area contributed by atoms with Gasteiger partial charge >= 0.3 is 0 Å². The molecule has 4 heterocycles. The van der Waals surface area contributed by atoms with Crippen LogP contribution in [0.5, 0.6) is 0 Å². The van der Waals surface area contributed by atoms with Gasteiger partial charge in [-0.3, -0.25) is 4.98 Å². The van der Waals surface area contributed by atoms with Crippen molar-refractivity contribution in [2.45, 2.75) is 39.8 Å². The number of aromatic nitrogens is 2. The normalized spacial score (nSPS) is 19.4. The van der Waals surface area contributed by atoms with Crippen LogP contribution in [-0.4, -0.2) is 41.0 Å². The van der Waals surface area contributed by atoms with E-state index in [4.69, 9.17) is 21.9 Å². The van der Waals surface area contributed by atoms with Gasteiger partial charge in [0.15, 0.2) is 5.11 Å². The lowest BCUT2D eigenvalue weighted by Gasteiger charge is -2.29. The van der Waals surface area contributed by atoms with E-state index in [0.717, 1.165) is 48.5 Å². The molecule has 6 rings (SSSR count). The van der Waals surface area contributed by atoms with Crippen LogP contribution < -0.4 is 15.1 Å².